The van der Waals surface area contributed by atoms with Gasteiger partial charge in [0.2, 0.25) is 5.89 Å². The van der Waals surface area contributed by atoms with Crippen LogP contribution in [-0.2, 0) is 6.54 Å². The van der Waals surface area contributed by atoms with Crippen LogP contribution >= 0.6 is 0 Å². The number of hydrogen-bond donors (Lipinski definition) is 2. The van der Waals surface area contributed by atoms with Crippen molar-refractivity contribution in [1.82, 2.24) is 30.8 Å². The fourth-order valence-corrected chi connectivity index (χ4v) is 3.31. The third kappa shape index (κ3) is 3.87. The van der Waals surface area contributed by atoms with Crippen molar-refractivity contribution in [3.8, 4) is 0 Å². The maximum Gasteiger partial charge on any atom is 0.245 e. The van der Waals surface area contributed by atoms with E-state index in [9.17, 15) is 4.39 Å². The monoisotopic (exact) mass is 346 g/mol. The zero-order valence-electron chi connectivity index (χ0n) is 14.3. The fraction of sp³-hybridized carbons (Fsp3) is 0.529. The van der Waals surface area contributed by atoms with Crippen molar-refractivity contribution in [3.63, 3.8) is 0 Å². The van der Waals surface area contributed by atoms with Crippen LogP contribution in [0.2, 0.25) is 0 Å². The summed E-state index contributed by atoms with van der Waals surface area (Å²) in [7, 11) is 2.14. The predicted octanol–water partition coefficient (Wildman–Crippen LogP) is 1.24. The SMILES string of the molecule is CN1CCN(Cc2noc(C3CC(c4ccc(F)cc4)NN3)n2)CC1. The second-order valence-electron chi connectivity index (χ2n) is 6.81. The second kappa shape index (κ2) is 7.17. The highest BCUT2D eigenvalue weighted by Crippen LogP contribution is 2.30. The molecule has 3 heterocycles. The van der Waals surface area contributed by atoms with Gasteiger partial charge in [0.15, 0.2) is 5.82 Å². The van der Waals surface area contributed by atoms with Crippen LogP contribution in [0.1, 0.15) is 35.8 Å². The number of benzene rings is 1. The molecule has 134 valence electrons. The molecule has 8 heteroatoms. The van der Waals surface area contributed by atoms with Crippen LogP contribution in [-0.4, -0.2) is 53.2 Å². The van der Waals surface area contributed by atoms with Crippen molar-refractivity contribution in [1.29, 1.82) is 0 Å². The van der Waals surface area contributed by atoms with E-state index in [4.69, 9.17) is 4.52 Å². The van der Waals surface area contributed by atoms with E-state index in [1.165, 1.54) is 12.1 Å². The molecule has 0 saturated carbocycles. The van der Waals surface area contributed by atoms with E-state index < -0.39 is 0 Å². The molecule has 2 unspecified atom stereocenters. The number of hydrogen-bond acceptors (Lipinski definition) is 7. The first-order valence-corrected chi connectivity index (χ1v) is 8.67. The Morgan fingerprint density at radius 2 is 1.84 bits per heavy atom. The highest BCUT2D eigenvalue weighted by Gasteiger charge is 2.30. The summed E-state index contributed by atoms with van der Waals surface area (Å²) in [6.07, 6.45) is 0.780. The molecule has 4 rings (SSSR count). The highest BCUT2D eigenvalue weighted by molar-refractivity contribution is 5.21. The van der Waals surface area contributed by atoms with Crippen LogP contribution in [0, 0.1) is 5.82 Å². The number of piperazine rings is 1. The molecule has 2 aliphatic heterocycles. The molecule has 0 spiro atoms. The Kier molecular flexibility index (Phi) is 4.76. The first-order valence-electron chi connectivity index (χ1n) is 8.67. The normalized spacial score (nSPS) is 25.5. The molecular weight excluding hydrogens is 323 g/mol. The smallest absolute Gasteiger partial charge is 0.245 e. The molecule has 1 aromatic heterocycles. The minimum Gasteiger partial charge on any atom is -0.338 e. The van der Waals surface area contributed by atoms with Crippen LogP contribution < -0.4 is 10.9 Å². The number of rotatable bonds is 4. The van der Waals surface area contributed by atoms with Crippen LogP contribution in [0.3, 0.4) is 0 Å². The number of aromatic nitrogens is 2. The van der Waals surface area contributed by atoms with Gasteiger partial charge in [0.05, 0.1) is 6.54 Å². The van der Waals surface area contributed by atoms with Gasteiger partial charge < -0.3 is 9.42 Å². The molecule has 2 saturated heterocycles. The third-order valence-electron chi connectivity index (χ3n) is 4.92. The Labute approximate surface area is 146 Å². The molecule has 0 radical (unpaired) electrons. The van der Waals surface area contributed by atoms with Gasteiger partial charge in [0.1, 0.15) is 11.9 Å². The van der Waals surface area contributed by atoms with Crippen molar-refractivity contribution in [2.75, 3.05) is 33.2 Å². The molecule has 2 aliphatic rings. The Morgan fingerprint density at radius 1 is 1.12 bits per heavy atom. The number of nitrogens with zero attached hydrogens (tertiary/aromatic N) is 4. The Bertz CT molecular complexity index is 697. The average Bonchev–Trinajstić information content (AvgIpc) is 3.27. The topological polar surface area (TPSA) is 69.5 Å². The highest BCUT2D eigenvalue weighted by atomic mass is 19.1. The molecule has 1 aromatic carbocycles. The minimum absolute atomic E-state index is 0.0382. The van der Waals surface area contributed by atoms with Crippen molar-refractivity contribution in [2.24, 2.45) is 0 Å². The lowest BCUT2D eigenvalue weighted by Crippen LogP contribution is -2.44. The predicted molar refractivity (Wildman–Crippen MR) is 89.8 cm³/mol. The third-order valence-corrected chi connectivity index (χ3v) is 4.92. The van der Waals surface area contributed by atoms with Crippen LogP contribution in [0.15, 0.2) is 28.8 Å². The molecule has 0 amide bonds. The summed E-state index contributed by atoms with van der Waals surface area (Å²) in [5.41, 5.74) is 7.45. The van der Waals surface area contributed by atoms with Gasteiger partial charge in [0.25, 0.3) is 0 Å². The molecular formula is C17H23FN6O. The summed E-state index contributed by atoms with van der Waals surface area (Å²) < 4.78 is 18.5. The van der Waals surface area contributed by atoms with Gasteiger partial charge in [-0.3, -0.25) is 4.90 Å². The van der Waals surface area contributed by atoms with E-state index >= 15 is 0 Å². The lowest BCUT2D eigenvalue weighted by molar-refractivity contribution is 0.144. The summed E-state index contributed by atoms with van der Waals surface area (Å²) in [6, 6.07) is 6.60. The van der Waals surface area contributed by atoms with Gasteiger partial charge >= 0.3 is 0 Å². The molecule has 2 N–H and O–H groups in total. The number of halogens is 1. The van der Waals surface area contributed by atoms with Crippen molar-refractivity contribution in [3.05, 3.63) is 47.4 Å². The fourth-order valence-electron chi connectivity index (χ4n) is 3.31. The summed E-state index contributed by atoms with van der Waals surface area (Å²) in [4.78, 5) is 9.22. The molecule has 2 aromatic rings. The maximum atomic E-state index is 13.1. The summed E-state index contributed by atoms with van der Waals surface area (Å²) in [6.45, 7) is 4.90. The van der Waals surface area contributed by atoms with Crippen molar-refractivity contribution >= 4 is 0 Å². The second-order valence-corrected chi connectivity index (χ2v) is 6.81. The van der Waals surface area contributed by atoms with Crippen molar-refractivity contribution in [2.45, 2.75) is 25.0 Å². The molecule has 0 bridgehead atoms. The average molecular weight is 346 g/mol. The van der Waals surface area contributed by atoms with E-state index in [0.29, 0.717) is 5.89 Å². The van der Waals surface area contributed by atoms with Crippen LogP contribution in [0.25, 0.3) is 0 Å². The van der Waals surface area contributed by atoms with Crippen molar-refractivity contribution < 1.29 is 8.91 Å². The van der Waals surface area contributed by atoms with E-state index in [2.05, 4.69) is 37.8 Å². The standard InChI is InChI=1S/C17H23FN6O/c1-23-6-8-24(9-7-23)11-16-19-17(25-22-16)15-10-14(20-21-15)12-2-4-13(18)5-3-12/h2-5,14-15,20-21H,6-11H2,1H3. The summed E-state index contributed by atoms with van der Waals surface area (Å²) in [5.74, 6) is 1.10. The van der Waals surface area contributed by atoms with E-state index in [0.717, 1.165) is 50.5 Å². The maximum absolute atomic E-state index is 13.1. The van der Waals surface area contributed by atoms with E-state index in [1.807, 2.05) is 0 Å². The van der Waals surface area contributed by atoms with E-state index in [1.54, 1.807) is 12.1 Å². The lowest BCUT2D eigenvalue weighted by Gasteiger charge is -2.31. The zero-order valence-corrected chi connectivity index (χ0v) is 14.3. The molecule has 2 fully saturated rings. The van der Waals surface area contributed by atoms with Gasteiger partial charge in [-0.05, 0) is 31.2 Å². The first-order chi connectivity index (χ1) is 12.2. The van der Waals surface area contributed by atoms with E-state index in [-0.39, 0.29) is 17.9 Å². The number of likely N-dealkylation sites (N-methyl/N-ethyl adjacent to an activating group) is 1. The Hall–Kier alpha value is -1.87. The molecule has 0 aliphatic carbocycles. The van der Waals surface area contributed by atoms with Gasteiger partial charge in [0, 0.05) is 32.2 Å². The summed E-state index contributed by atoms with van der Waals surface area (Å²) >= 11 is 0. The van der Waals surface area contributed by atoms with Crippen LogP contribution in [0.5, 0.6) is 0 Å². The first kappa shape index (κ1) is 16.6. The van der Waals surface area contributed by atoms with Gasteiger partial charge in [-0.1, -0.05) is 17.3 Å². The summed E-state index contributed by atoms with van der Waals surface area (Å²) in [5, 5.41) is 4.12. The zero-order chi connectivity index (χ0) is 17.2. The minimum atomic E-state index is -0.225. The molecule has 25 heavy (non-hydrogen) atoms. The Morgan fingerprint density at radius 3 is 2.60 bits per heavy atom. The number of nitrogens with one attached hydrogen (secondary N) is 2. The molecule has 2 atom stereocenters. The van der Waals surface area contributed by atoms with Gasteiger partial charge in [-0.2, -0.15) is 4.98 Å². The Balaban J connectivity index is 1.35. The van der Waals surface area contributed by atoms with Crippen LogP contribution in [0.4, 0.5) is 4.39 Å². The van der Waals surface area contributed by atoms with Gasteiger partial charge in [-0.25, -0.2) is 15.2 Å². The number of hydrazine groups is 1. The van der Waals surface area contributed by atoms with Gasteiger partial charge in [-0.15, -0.1) is 0 Å². The largest absolute Gasteiger partial charge is 0.338 e. The lowest BCUT2D eigenvalue weighted by atomic mass is 10.0. The molecule has 7 nitrogen and oxygen atoms in total. The quantitative estimate of drug-likeness (QED) is 0.863.